The summed E-state index contributed by atoms with van der Waals surface area (Å²) in [6.07, 6.45) is 4.83. The Morgan fingerprint density at radius 1 is 1.25 bits per heavy atom. The highest BCUT2D eigenvalue weighted by Gasteiger charge is 2.31. The zero-order valence-corrected chi connectivity index (χ0v) is 13.3. The third-order valence-electron chi connectivity index (χ3n) is 3.95. The van der Waals surface area contributed by atoms with E-state index in [1.54, 1.807) is 4.31 Å². The highest BCUT2D eigenvalue weighted by molar-refractivity contribution is 7.89. The molecule has 4 heteroatoms. The second kappa shape index (κ2) is 6.72. The van der Waals surface area contributed by atoms with Gasteiger partial charge in [-0.3, -0.25) is 0 Å². The lowest BCUT2D eigenvalue weighted by Crippen LogP contribution is -2.36. The summed E-state index contributed by atoms with van der Waals surface area (Å²) < 4.78 is 26.8. The van der Waals surface area contributed by atoms with Crippen LogP contribution in [0.4, 0.5) is 0 Å². The Bertz CT molecular complexity index is 539. The number of hydrogen-bond acceptors (Lipinski definition) is 2. The highest BCUT2D eigenvalue weighted by atomic mass is 32.2. The molecule has 1 aliphatic heterocycles. The second-order valence-electron chi connectivity index (χ2n) is 5.71. The molecule has 1 atom stereocenters. The van der Waals surface area contributed by atoms with Crippen molar-refractivity contribution in [3.63, 3.8) is 0 Å². The van der Waals surface area contributed by atoms with Gasteiger partial charge in [0, 0.05) is 12.6 Å². The Kier molecular flexibility index (Phi) is 5.22. The Hall–Kier alpha value is -0.870. The molecule has 1 unspecified atom stereocenters. The van der Waals surface area contributed by atoms with Crippen LogP contribution < -0.4 is 0 Å². The average Bonchev–Trinajstić information content (AvgIpc) is 2.64. The first kappa shape index (κ1) is 15.5. The van der Waals surface area contributed by atoms with Gasteiger partial charge >= 0.3 is 0 Å². The van der Waals surface area contributed by atoms with Gasteiger partial charge in [0.1, 0.15) is 0 Å². The quantitative estimate of drug-likeness (QED) is 0.850. The van der Waals surface area contributed by atoms with Gasteiger partial charge in [-0.25, -0.2) is 8.42 Å². The molecule has 1 saturated heterocycles. The maximum Gasteiger partial charge on any atom is 0.214 e. The molecule has 0 amide bonds. The van der Waals surface area contributed by atoms with Crippen LogP contribution in [0.3, 0.4) is 0 Å². The molecule has 1 heterocycles. The monoisotopic (exact) mass is 295 g/mol. The van der Waals surface area contributed by atoms with Crippen LogP contribution in [-0.4, -0.2) is 25.0 Å². The van der Waals surface area contributed by atoms with Gasteiger partial charge in [0.15, 0.2) is 0 Å². The van der Waals surface area contributed by atoms with Crippen LogP contribution in [0.5, 0.6) is 0 Å². The second-order valence-corrected chi connectivity index (χ2v) is 7.75. The molecule has 0 radical (unpaired) electrons. The topological polar surface area (TPSA) is 37.4 Å². The molecule has 1 aromatic carbocycles. The molecule has 20 heavy (non-hydrogen) atoms. The summed E-state index contributed by atoms with van der Waals surface area (Å²) in [5.41, 5.74) is 2.34. The molecule has 1 fully saturated rings. The third-order valence-corrected chi connectivity index (χ3v) is 6.03. The Balaban J connectivity index is 2.35. The zero-order valence-electron chi connectivity index (χ0n) is 12.5. The summed E-state index contributed by atoms with van der Waals surface area (Å²) in [7, 11) is -3.13. The first-order valence-corrected chi connectivity index (χ1v) is 9.21. The predicted molar refractivity (Wildman–Crippen MR) is 83.2 cm³/mol. The number of sulfonamides is 1. The number of benzene rings is 1. The third kappa shape index (κ3) is 3.61. The van der Waals surface area contributed by atoms with Crippen LogP contribution in [0.1, 0.15) is 56.2 Å². The lowest BCUT2D eigenvalue weighted by molar-refractivity contribution is 0.328. The first-order chi connectivity index (χ1) is 9.54. The summed E-state index contributed by atoms with van der Waals surface area (Å²) in [6, 6.07) is 8.31. The molecule has 0 N–H and O–H groups in total. The van der Waals surface area contributed by atoms with Crippen LogP contribution in [0, 0.1) is 6.92 Å². The van der Waals surface area contributed by atoms with E-state index >= 15 is 0 Å². The molecule has 1 aromatic rings. The van der Waals surface area contributed by atoms with E-state index < -0.39 is 10.0 Å². The van der Waals surface area contributed by atoms with Gasteiger partial charge < -0.3 is 0 Å². The van der Waals surface area contributed by atoms with Crippen molar-refractivity contribution < 1.29 is 8.42 Å². The van der Waals surface area contributed by atoms with Crippen molar-refractivity contribution in [3.05, 3.63) is 35.4 Å². The smallest absolute Gasteiger partial charge is 0.212 e. The summed E-state index contributed by atoms with van der Waals surface area (Å²) in [5.74, 6) is 0.259. The van der Waals surface area contributed by atoms with Crippen molar-refractivity contribution in [2.45, 2.75) is 52.0 Å². The van der Waals surface area contributed by atoms with Crippen molar-refractivity contribution in [2.24, 2.45) is 0 Å². The summed E-state index contributed by atoms with van der Waals surface area (Å²) in [5, 5.41) is 0. The molecule has 112 valence electrons. The Morgan fingerprint density at radius 2 is 2.05 bits per heavy atom. The molecular weight excluding hydrogens is 270 g/mol. The number of aryl methyl sites for hydroxylation is 1. The van der Waals surface area contributed by atoms with E-state index in [1.165, 1.54) is 5.56 Å². The van der Waals surface area contributed by atoms with Crippen LogP contribution in [0.2, 0.25) is 0 Å². The molecular formula is C16H25NO2S. The predicted octanol–water partition coefficient (Wildman–Crippen LogP) is 3.65. The van der Waals surface area contributed by atoms with Gasteiger partial charge in [-0.05, 0) is 31.7 Å². The molecule has 1 aliphatic rings. The van der Waals surface area contributed by atoms with Gasteiger partial charge in [0.2, 0.25) is 10.0 Å². The number of nitrogens with zero attached hydrogens (tertiary/aromatic N) is 1. The molecule has 0 aromatic heterocycles. The standard InChI is InChI=1S/C16H25NO2S/c1-3-12-20(18,19)17-11-6-4-5-10-16(17)15-9-7-8-14(2)13-15/h7-9,13,16H,3-6,10-12H2,1-2H3. The molecule has 2 rings (SSSR count). The van der Waals surface area contributed by atoms with Crippen molar-refractivity contribution in [1.29, 1.82) is 0 Å². The van der Waals surface area contributed by atoms with E-state index in [9.17, 15) is 8.42 Å². The minimum absolute atomic E-state index is 0.0222. The van der Waals surface area contributed by atoms with E-state index in [-0.39, 0.29) is 11.8 Å². The lowest BCUT2D eigenvalue weighted by Gasteiger charge is -2.29. The van der Waals surface area contributed by atoms with Gasteiger partial charge in [0.25, 0.3) is 0 Å². The van der Waals surface area contributed by atoms with Crippen LogP contribution in [-0.2, 0) is 10.0 Å². The average molecular weight is 295 g/mol. The highest BCUT2D eigenvalue weighted by Crippen LogP contribution is 2.32. The van der Waals surface area contributed by atoms with Gasteiger partial charge in [0.05, 0.1) is 5.75 Å². The normalized spacial score (nSPS) is 21.6. The van der Waals surface area contributed by atoms with Gasteiger partial charge in [-0.15, -0.1) is 0 Å². The van der Waals surface area contributed by atoms with E-state index in [0.29, 0.717) is 13.0 Å². The van der Waals surface area contributed by atoms with Crippen molar-refractivity contribution in [1.82, 2.24) is 4.31 Å². The van der Waals surface area contributed by atoms with Crippen LogP contribution in [0.15, 0.2) is 24.3 Å². The van der Waals surface area contributed by atoms with Crippen molar-refractivity contribution in [2.75, 3.05) is 12.3 Å². The largest absolute Gasteiger partial charge is 0.214 e. The van der Waals surface area contributed by atoms with E-state index in [1.807, 2.05) is 13.0 Å². The Labute approximate surface area is 123 Å². The molecule has 0 aliphatic carbocycles. The Morgan fingerprint density at radius 3 is 2.75 bits per heavy atom. The lowest BCUT2D eigenvalue weighted by atomic mass is 10.0. The van der Waals surface area contributed by atoms with E-state index in [4.69, 9.17) is 0 Å². The van der Waals surface area contributed by atoms with Crippen LogP contribution in [0.25, 0.3) is 0 Å². The minimum Gasteiger partial charge on any atom is -0.212 e. The maximum atomic E-state index is 12.5. The molecule has 0 saturated carbocycles. The van der Waals surface area contributed by atoms with Crippen LogP contribution >= 0.6 is 0 Å². The molecule has 3 nitrogen and oxygen atoms in total. The SMILES string of the molecule is CCCS(=O)(=O)N1CCCCCC1c1cccc(C)c1. The summed E-state index contributed by atoms with van der Waals surface area (Å²) in [6.45, 7) is 4.66. The van der Waals surface area contributed by atoms with Gasteiger partial charge in [-0.2, -0.15) is 4.31 Å². The molecule has 0 bridgehead atoms. The number of rotatable bonds is 4. The maximum absolute atomic E-state index is 12.5. The summed E-state index contributed by atoms with van der Waals surface area (Å²) in [4.78, 5) is 0. The zero-order chi connectivity index (χ0) is 14.6. The fourth-order valence-electron chi connectivity index (χ4n) is 3.00. The fourth-order valence-corrected chi connectivity index (χ4v) is 4.77. The van der Waals surface area contributed by atoms with Crippen molar-refractivity contribution >= 4 is 10.0 Å². The fraction of sp³-hybridized carbons (Fsp3) is 0.625. The molecule has 0 spiro atoms. The minimum atomic E-state index is -3.13. The van der Waals surface area contributed by atoms with E-state index in [0.717, 1.165) is 31.2 Å². The first-order valence-electron chi connectivity index (χ1n) is 7.60. The van der Waals surface area contributed by atoms with Crippen molar-refractivity contribution in [3.8, 4) is 0 Å². The van der Waals surface area contributed by atoms with Gasteiger partial charge in [-0.1, -0.05) is 49.6 Å². The number of hydrogen-bond donors (Lipinski definition) is 0. The van der Waals surface area contributed by atoms with E-state index in [2.05, 4.69) is 25.1 Å². The summed E-state index contributed by atoms with van der Waals surface area (Å²) >= 11 is 0.